The number of aryl methyl sites for hydroxylation is 2. The van der Waals surface area contributed by atoms with Gasteiger partial charge in [-0.2, -0.15) is 0 Å². The van der Waals surface area contributed by atoms with Gasteiger partial charge in [-0.25, -0.2) is 0 Å². The molecule has 0 saturated heterocycles. The number of rotatable bonds is 4. The molecule has 0 radical (unpaired) electrons. The summed E-state index contributed by atoms with van der Waals surface area (Å²) >= 11 is 1.57. The molecule has 110 valence electrons. The van der Waals surface area contributed by atoms with Gasteiger partial charge in [0.15, 0.2) is 0 Å². The number of hydrogen-bond acceptors (Lipinski definition) is 4. The van der Waals surface area contributed by atoms with Crippen molar-refractivity contribution in [2.45, 2.75) is 45.4 Å². The Labute approximate surface area is 123 Å². The first-order valence-corrected chi connectivity index (χ1v) is 8.07. The standard InChI is InChI=1S/C15H21NO3S/c1-2-19-14(17)10-16-15(18)13-9-11-7-5-3-4-6-8-12(11)20-13/h9H,2-8,10H2,1H3,(H,16,18). The Kier molecular flexibility index (Phi) is 5.59. The van der Waals surface area contributed by atoms with E-state index in [2.05, 4.69) is 5.32 Å². The van der Waals surface area contributed by atoms with Gasteiger partial charge in [-0.15, -0.1) is 11.3 Å². The number of hydrogen-bond donors (Lipinski definition) is 1. The molecule has 4 nitrogen and oxygen atoms in total. The van der Waals surface area contributed by atoms with Crippen molar-refractivity contribution in [3.05, 3.63) is 21.4 Å². The quantitative estimate of drug-likeness (QED) is 0.869. The summed E-state index contributed by atoms with van der Waals surface area (Å²) in [6.07, 6.45) is 7.11. The van der Waals surface area contributed by atoms with Crippen molar-refractivity contribution in [1.82, 2.24) is 5.32 Å². The number of carbonyl (C=O) groups excluding carboxylic acids is 2. The van der Waals surface area contributed by atoms with Crippen molar-refractivity contribution in [2.24, 2.45) is 0 Å². The molecule has 1 N–H and O–H groups in total. The fourth-order valence-electron chi connectivity index (χ4n) is 2.41. The third kappa shape index (κ3) is 4.07. The summed E-state index contributed by atoms with van der Waals surface area (Å²) < 4.78 is 4.79. The monoisotopic (exact) mass is 295 g/mol. The lowest BCUT2D eigenvalue weighted by molar-refractivity contribution is -0.141. The zero-order valence-corrected chi connectivity index (χ0v) is 12.7. The normalized spacial score (nSPS) is 14.8. The molecule has 0 unspecified atom stereocenters. The summed E-state index contributed by atoms with van der Waals surface area (Å²) in [7, 11) is 0. The van der Waals surface area contributed by atoms with Crippen LogP contribution in [0.5, 0.6) is 0 Å². The maximum absolute atomic E-state index is 12.0. The van der Waals surface area contributed by atoms with Crippen LogP contribution >= 0.6 is 11.3 Å². The fourth-order valence-corrected chi connectivity index (χ4v) is 3.58. The molecule has 1 amide bonds. The van der Waals surface area contributed by atoms with Crippen LogP contribution in [0.15, 0.2) is 6.07 Å². The van der Waals surface area contributed by atoms with Crippen LogP contribution in [-0.4, -0.2) is 25.0 Å². The smallest absolute Gasteiger partial charge is 0.325 e. The molecule has 1 aromatic rings. The molecule has 0 atom stereocenters. The van der Waals surface area contributed by atoms with E-state index in [-0.39, 0.29) is 12.5 Å². The van der Waals surface area contributed by atoms with Gasteiger partial charge in [-0.1, -0.05) is 12.8 Å². The molecular weight excluding hydrogens is 274 g/mol. The zero-order chi connectivity index (χ0) is 14.4. The minimum atomic E-state index is -0.393. The van der Waals surface area contributed by atoms with Crippen LogP contribution in [0.4, 0.5) is 0 Å². The maximum atomic E-state index is 12.0. The van der Waals surface area contributed by atoms with Gasteiger partial charge >= 0.3 is 5.97 Å². The second-order valence-corrected chi connectivity index (χ2v) is 6.10. The SMILES string of the molecule is CCOC(=O)CNC(=O)c1cc2c(s1)CCCCCC2. The highest BCUT2D eigenvalue weighted by Gasteiger charge is 2.16. The van der Waals surface area contributed by atoms with E-state index >= 15 is 0 Å². The molecular formula is C15H21NO3S. The number of nitrogens with one attached hydrogen (secondary N) is 1. The first kappa shape index (κ1) is 15.0. The Balaban J connectivity index is 1.96. The number of amides is 1. The van der Waals surface area contributed by atoms with Gasteiger partial charge < -0.3 is 10.1 Å². The van der Waals surface area contributed by atoms with E-state index in [1.165, 1.54) is 36.1 Å². The van der Waals surface area contributed by atoms with Gasteiger partial charge in [0.1, 0.15) is 6.54 Å². The van der Waals surface area contributed by atoms with Crippen molar-refractivity contribution < 1.29 is 14.3 Å². The van der Waals surface area contributed by atoms with E-state index in [9.17, 15) is 9.59 Å². The molecule has 5 heteroatoms. The van der Waals surface area contributed by atoms with E-state index in [1.54, 1.807) is 18.3 Å². The van der Waals surface area contributed by atoms with E-state index in [0.29, 0.717) is 11.5 Å². The molecule has 1 aliphatic rings. The van der Waals surface area contributed by atoms with Crippen molar-refractivity contribution in [3.8, 4) is 0 Å². The Morgan fingerprint density at radius 2 is 2.00 bits per heavy atom. The average molecular weight is 295 g/mol. The van der Waals surface area contributed by atoms with Crippen molar-refractivity contribution in [3.63, 3.8) is 0 Å². The highest BCUT2D eigenvalue weighted by molar-refractivity contribution is 7.14. The summed E-state index contributed by atoms with van der Waals surface area (Å²) in [6.45, 7) is 2.02. The lowest BCUT2D eigenvalue weighted by Gasteiger charge is -2.07. The van der Waals surface area contributed by atoms with Crippen molar-refractivity contribution in [1.29, 1.82) is 0 Å². The van der Waals surface area contributed by atoms with Gasteiger partial charge in [-0.3, -0.25) is 9.59 Å². The highest BCUT2D eigenvalue weighted by atomic mass is 32.1. The van der Waals surface area contributed by atoms with E-state index in [0.717, 1.165) is 12.8 Å². The summed E-state index contributed by atoms with van der Waals surface area (Å²) in [5, 5.41) is 2.62. The lowest BCUT2D eigenvalue weighted by Crippen LogP contribution is -2.30. The molecule has 20 heavy (non-hydrogen) atoms. The van der Waals surface area contributed by atoms with Crippen LogP contribution in [0.25, 0.3) is 0 Å². The van der Waals surface area contributed by atoms with Crippen LogP contribution < -0.4 is 5.32 Å². The molecule has 0 saturated carbocycles. The first-order valence-electron chi connectivity index (χ1n) is 7.26. The van der Waals surface area contributed by atoms with Crippen LogP contribution in [0, 0.1) is 0 Å². The average Bonchev–Trinajstić information content (AvgIpc) is 2.79. The van der Waals surface area contributed by atoms with Gasteiger partial charge in [-0.05, 0) is 44.2 Å². The highest BCUT2D eigenvalue weighted by Crippen LogP contribution is 2.28. The summed E-state index contributed by atoms with van der Waals surface area (Å²) in [4.78, 5) is 25.3. The topological polar surface area (TPSA) is 55.4 Å². The van der Waals surface area contributed by atoms with Crippen LogP contribution in [0.2, 0.25) is 0 Å². The Hall–Kier alpha value is -1.36. The van der Waals surface area contributed by atoms with E-state index < -0.39 is 5.97 Å². The van der Waals surface area contributed by atoms with Crippen LogP contribution in [0.1, 0.15) is 52.7 Å². The largest absolute Gasteiger partial charge is 0.465 e. The van der Waals surface area contributed by atoms with Gasteiger partial charge in [0.2, 0.25) is 0 Å². The van der Waals surface area contributed by atoms with Gasteiger partial charge in [0, 0.05) is 4.88 Å². The Morgan fingerprint density at radius 1 is 1.25 bits per heavy atom. The lowest BCUT2D eigenvalue weighted by atomic mass is 10.00. The third-order valence-corrected chi connectivity index (χ3v) is 4.65. The molecule has 0 bridgehead atoms. The molecule has 0 aromatic carbocycles. The fraction of sp³-hybridized carbons (Fsp3) is 0.600. The van der Waals surface area contributed by atoms with Crippen molar-refractivity contribution in [2.75, 3.05) is 13.2 Å². The molecule has 0 fully saturated rings. The van der Waals surface area contributed by atoms with Crippen LogP contribution in [0.3, 0.4) is 0 Å². The molecule has 1 aromatic heterocycles. The second-order valence-electron chi connectivity index (χ2n) is 4.96. The molecule has 1 heterocycles. The van der Waals surface area contributed by atoms with E-state index in [4.69, 9.17) is 4.74 Å². The molecule has 1 aliphatic carbocycles. The minimum absolute atomic E-state index is 0.0603. The molecule has 0 spiro atoms. The summed E-state index contributed by atoms with van der Waals surface area (Å²) in [6, 6.07) is 1.99. The van der Waals surface area contributed by atoms with E-state index in [1.807, 2.05) is 6.07 Å². The van der Waals surface area contributed by atoms with Gasteiger partial charge in [0.25, 0.3) is 5.91 Å². The molecule has 2 rings (SSSR count). The summed E-state index contributed by atoms with van der Waals surface area (Å²) in [5.41, 5.74) is 1.32. The number of esters is 1. The maximum Gasteiger partial charge on any atom is 0.325 e. The second kappa shape index (κ2) is 7.43. The third-order valence-electron chi connectivity index (χ3n) is 3.42. The Morgan fingerprint density at radius 3 is 2.75 bits per heavy atom. The van der Waals surface area contributed by atoms with Crippen molar-refractivity contribution >= 4 is 23.2 Å². The predicted octanol–water partition coefficient (Wildman–Crippen LogP) is 2.70. The number of thiophene rings is 1. The zero-order valence-electron chi connectivity index (χ0n) is 11.9. The number of ether oxygens (including phenoxy) is 1. The van der Waals surface area contributed by atoms with Gasteiger partial charge in [0.05, 0.1) is 11.5 Å². The number of carbonyl (C=O) groups is 2. The van der Waals surface area contributed by atoms with Crippen LogP contribution in [-0.2, 0) is 22.4 Å². The first-order chi connectivity index (χ1) is 9.70. The predicted molar refractivity (Wildman–Crippen MR) is 79.2 cm³/mol. The number of fused-ring (bicyclic) bond motifs is 1. The summed E-state index contributed by atoms with van der Waals surface area (Å²) in [5.74, 6) is -0.564. The Bertz CT molecular complexity index is 456. The minimum Gasteiger partial charge on any atom is -0.465 e. The molecule has 0 aliphatic heterocycles.